The highest BCUT2D eigenvalue weighted by Crippen LogP contribution is 2.08. The van der Waals surface area contributed by atoms with Gasteiger partial charge in [-0.2, -0.15) is 0 Å². The molecule has 0 bridgehead atoms. The van der Waals surface area contributed by atoms with Gasteiger partial charge in [-0.05, 0) is 12.1 Å². The first-order chi connectivity index (χ1) is 6.97. The van der Waals surface area contributed by atoms with E-state index in [2.05, 4.69) is 33.0 Å². The topological polar surface area (TPSA) is 80.2 Å². The van der Waals surface area contributed by atoms with Crippen molar-refractivity contribution in [3.05, 3.63) is 24.4 Å². The molecular weight excluding hydrogens is 178 g/mol. The maximum Gasteiger partial charge on any atom is 0.128 e. The standard InChI is InChI=1S/C9H13N3.H4N2/c1-2-4-11-9(3-1)12-7-5-10-6-8-12;1-2/h1-4,10H,5-8H2;1-2H2. The van der Waals surface area contributed by atoms with Crippen LogP contribution in [0.15, 0.2) is 24.4 Å². The van der Waals surface area contributed by atoms with Crippen LogP contribution in [0.1, 0.15) is 0 Å². The van der Waals surface area contributed by atoms with Crippen molar-refractivity contribution in [1.29, 1.82) is 0 Å². The van der Waals surface area contributed by atoms with Crippen molar-refractivity contribution in [2.75, 3.05) is 31.1 Å². The van der Waals surface area contributed by atoms with Gasteiger partial charge in [0.1, 0.15) is 5.82 Å². The lowest BCUT2D eigenvalue weighted by molar-refractivity contribution is 0.585. The molecule has 1 aliphatic rings. The van der Waals surface area contributed by atoms with Crippen molar-refractivity contribution < 1.29 is 0 Å². The molecule has 0 aromatic carbocycles. The lowest BCUT2D eigenvalue weighted by Crippen LogP contribution is -2.43. The zero-order chi connectivity index (χ0) is 10.2. The van der Waals surface area contributed by atoms with Gasteiger partial charge in [-0.15, -0.1) is 0 Å². The summed E-state index contributed by atoms with van der Waals surface area (Å²) >= 11 is 0. The molecule has 0 spiro atoms. The van der Waals surface area contributed by atoms with Crippen LogP contribution in [0.5, 0.6) is 0 Å². The van der Waals surface area contributed by atoms with Crippen molar-refractivity contribution in [3.8, 4) is 0 Å². The Bertz CT molecular complexity index is 232. The minimum absolute atomic E-state index is 1.07. The van der Waals surface area contributed by atoms with Crippen LogP contribution < -0.4 is 21.9 Å². The van der Waals surface area contributed by atoms with Crippen molar-refractivity contribution >= 4 is 5.82 Å². The normalized spacial score (nSPS) is 15.7. The number of anilines is 1. The first kappa shape index (κ1) is 10.9. The quantitative estimate of drug-likeness (QED) is 0.408. The Morgan fingerprint density at radius 3 is 2.50 bits per heavy atom. The summed E-state index contributed by atoms with van der Waals surface area (Å²) in [4.78, 5) is 6.60. The van der Waals surface area contributed by atoms with Crippen LogP contribution in [-0.4, -0.2) is 31.2 Å². The molecule has 0 aliphatic carbocycles. The molecule has 1 aliphatic heterocycles. The summed E-state index contributed by atoms with van der Waals surface area (Å²) in [6.45, 7) is 4.27. The molecular formula is C9H17N5. The number of nitrogens with zero attached hydrogens (tertiary/aromatic N) is 2. The molecule has 0 amide bonds. The van der Waals surface area contributed by atoms with Crippen LogP contribution in [0.25, 0.3) is 0 Å². The van der Waals surface area contributed by atoms with E-state index in [1.165, 1.54) is 0 Å². The van der Waals surface area contributed by atoms with Crippen LogP contribution in [0.2, 0.25) is 0 Å². The third-order valence-corrected chi connectivity index (χ3v) is 2.09. The fourth-order valence-corrected chi connectivity index (χ4v) is 1.43. The molecule has 2 heterocycles. The zero-order valence-electron chi connectivity index (χ0n) is 8.19. The highest BCUT2D eigenvalue weighted by atomic mass is 15.2. The second kappa shape index (κ2) is 6.31. The minimum Gasteiger partial charge on any atom is -0.354 e. The number of pyridine rings is 1. The van der Waals surface area contributed by atoms with Gasteiger partial charge in [0.25, 0.3) is 0 Å². The summed E-state index contributed by atoms with van der Waals surface area (Å²) in [6.07, 6.45) is 1.84. The molecule has 0 radical (unpaired) electrons. The zero-order valence-corrected chi connectivity index (χ0v) is 8.19. The summed E-state index contributed by atoms with van der Waals surface area (Å²) in [5, 5.41) is 3.32. The predicted molar refractivity (Wildman–Crippen MR) is 57.7 cm³/mol. The SMILES string of the molecule is NN.c1ccc(N2CCNCC2)nc1. The van der Waals surface area contributed by atoms with Crippen molar-refractivity contribution in [2.45, 2.75) is 0 Å². The Labute approximate surface area is 84.1 Å². The van der Waals surface area contributed by atoms with E-state index < -0.39 is 0 Å². The maximum atomic E-state index is 4.30. The number of hydrogen-bond donors (Lipinski definition) is 3. The molecule has 5 heteroatoms. The Hall–Kier alpha value is -1.17. The second-order valence-corrected chi connectivity index (χ2v) is 2.92. The van der Waals surface area contributed by atoms with E-state index in [9.17, 15) is 0 Å². The molecule has 0 atom stereocenters. The fraction of sp³-hybridized carbons (Fsp3) is 0.444. The Morgan fingerprint density at radius 1 is 1.21 bits per heavy atom. The van der Waals surface area contributed by atoms with Gasteiger partial charge in [-0.1, -0.05) is 6.07 Å². The van der Waals surface area contributed by atoms with Crippen LogP contribution in [0.3, 0.4) is 0 Å². The Morgan fingerprint density at radius 2 is 1.93 bits per heavy atom. The monoisotopic (exact) mass is 195 g/mol. The number of piperazine rings is 1. The smallest absolute Gasteiger partial charge is 0.128 e. The summed E-state index contributed by atoms with van der Waals surface area (Å²) in [7, 11) is 0. The van der Waals surface area contributed by atoms with E-state index in [-0.39, 0.29) is 0 Å². The Balaban J connectivity index is 0.000000461. The lowest BCUT2D eigenvalue weighted by atomic mass is 10.3. The molecule has 2 rings (SSSR count). The molecule has 1 fully saturated rings. The van der Waals surface area contributed by atoms with Crippen LogP contribution in [-0.2, 0) is 0 Å². The summed E-state index contributed by atoms with van der Waals surface area (Å²) in [5.41, 5.74) is 0. The van der Waals surface area contributed by atoms with Gasteiger partial charge in [-0.3, -0.25) is 11.7 Å². The average molecular weight is 195 g/mol. The van der Waals surface area contributed by atoms with E-state index in [4.69, 9.17) is 0 Å². The lowest BCUT2D eigenvalue weighted by Gasteiger charge is -2.28. The first-order valence-corrected chi connectivity index (χ1v) is 4.67. The highest BCUT2D eigenvalue weighted by molar-refractivity contribution is 5.38. The number of nitrogens with one attached hydrogen (secondary N) is 1. The molecule has 5 nitrogen and oxygen atoms in total. The predicted octanol–water partition coefficient (Wildman–Crippen LogP) is -0.690. The van der Waals surface area contributed by atoms with E-state index in [0.717, 1.165) is 32.0 Å². The van der Waals surface area contributed by atoms with E-state index >= 15 is 0 Å². The van der Waals surface area contributed by atoms with Gasteiger partial charge in [0.2, 0.25) is 0 Å². The fourth-order valence-electron chi connectivity index (χ4n) is 1.43. The second-order valence-electron chi connectivity index (χ2n) is 2.92. The summed E-state index contributed by atoms with van der Waals surface area (Å²) in [6, 6.07) is 6.04. The van der Waals surface area contributed by atoms with Gasteiger partial charge >= 0.3 is 0 Å². The van der Waals surface area contributed by atoms with Gasteiger partial charge in [0.15, 0.2) is 0 Å². The van der Waals surface area contributed by atoms with E-state index in [1.54, 1.807) is 0 Å². The molecule has 14 heavy (non-hydrogen) atoms. The Kier molecular flexibility index (Phi) is 4.92. The van der Waals surface area contributed by atoms with Gasteiger partial charge in [-0.25, -0.2) is 4.98 Å². The number of nitrogens with two attached hydrogens (primary N) is 2. The van der Waals surface area contributed by atoms with Gasteiger partial charge < -0.3 is 10.2 Å². The molecule has 5 N–H and O–H groups in total. The first-order valence-electron chi connectivity index (χ1n) is 4.67. The van der Waals surface area contributed by atoms with Crippen LogP contribution >= 0.6 is 0 Å². The number of hydrogen-bond acceptors (Lipinski definition) is 5. The van der Waals surface area contributed by atoms with Crippen molar-refractivity contribution in [1.82, 2.24) is 10.3 Å². The minimum atomic E-state index is 1.07. The average Bonchev–Trinajstić information content (AvgIpc) is 2.34. The summed E-state index contributed by atoms with van der Waals surface area (Å²) < 4.78 is 0. The maximum absolute atomic E-state index is 4.30. The summed E-state index contributed by atoms with van der Waals surface area (Å²) in [5.74, 6) is 9.10. The molecule has 0 unspecified atom stereocenters. The van der Waals surface area contributed by atoms with E-state index in [1.807, 2.05) is 18.3 Å². The molecule has 1 saturated heterocycles. The molecule has 78 valence electrons. The highest BCUT2D eigenvalue weighted by Gasteiger charge is 2.09. The number of rotatable bonds is 1. The molecule has 1 aromatic heterocycles. The third kappa shape index (κ3) is 2.95. The largest absolute Gasteiger partial charge is 0.354 e. The van der Waals surface area contributed by atoms with Gasteiger partial charge in [0.05, 0.1) is 0 Å². The number of hydrazine groups is 1. The van der Waals surface area contributed by atoms with Crippen molar-refractivity contribution in [3.63, 3.8) is 0 Å². The third-order valence-electron chi connectivity index (χ3n) is 2.09. The van der Waals surface area contributed by atoms with Crippen molar-refractivity contribution in [2.24, 2.45) is 11.7 Å². The van der Waals surface area contributed by atoms with E-state index in [0.29, 0.717) is 0 Å². The number of aromatic nitrogens is 1. The molecule has 0 saturated carbocycles. The molecule has 1 aromatic rings. The van der Waals surface area contributed by atoms with Crippen LogP contribution in [0, 0.1) is 0 Å². The van der Waals surface area contributed by atoms with Crippen LogP contribution in [0.4, 0.5) is 5.82 Å². The van der Waals surface area contributed by atoms with Gasteiger partial charge in [0, 0.05) is 32.4 Å².